The molecule has 0 atom stereocenters. The van der Waals surface area contributed by atoms with Crippen LogP contribution >= 0.6 is 0 Å². The Morgan fingerprint density at radius 2 is 1.91 bits per heavy atom. The van der Waals surface area contributed by atoms with Crippen molar-refractivity contribution in [2.75, 3.05) is 29.1 Å². The summed E-state index contributed by atoms with van der Waals surface area (Å²) in [6, 6.07) is 8.77. The molecule has 1 spiro atoms. The summed E-state index contributed by atoms with van der Waals surface area (Å²) in [5.41, 5.74) is 3.96. The maximum absolute atomic E-state index is 12.7. The summed E-state index contributed by atoms with van der Waals surface area (Å²) in [5.74, 6) is 0.239. The minimum atomic E-state index is -3.49. The Balaban J connectivity index is 1.46. The lowest BCUT2D eigenvalue weighted by Crippen LogP contribution is -2.21. The molecule has 34 heavy (non-hydrogen) atoms. The zero-order valence-corrected chi connectivity index (χ0v) is 19.5. The topological polar surface area (TPSA) is 125 Å². The van der Waals surface area contributed by atoms with Gasteiger partial charge in [-0.05, 0) is 49.1 Å². The van der Waals surface area contributed by atoms with E-state index >= 15 is 0 Å². The van der Waals surface area contributed by atoms with Crippen molar-refractivity contribution in [3.05, 3.63) is 54.5 Å². The molecule has 2 aliphatic rings. The number of pyridine rings is 1. The molecule has 2 aromatic heterocycles. The van der Waals surface area contributed by atoms with E-state index in [0.29, 0.717) is 29.4 Å². The van der Waals surface area contributed by atoms with Gasteiger partial charge in [0.1, 0.15) is 0 Å². The molecule has 1 amide bonds. The maximum Gasteiger partial charge on any atom is 0.229 e. The number of hydrogen-bond acceptors (Lipinski definition) is 8. The van der Waals surface area contributed by atoms with Crippen LogP contribution < -0.4 is 10.2 Å². The Labute approximate surface area is 197 Å². The first-order chi connectivity index (χ1) is 16.3. The van der Waals surface area contributed by atoms with Crippen molar-refractivity contribution in [2.24, 2.45) is 0 Å². The summed E-state index contributed by atoms with van der Waals surface area (Å²) in [5, 5.41) is 11.8. The second kappa shape index (κ2) is 8.44. The van der Waals surface area contributed by atoms with Crippen molar-refractivity contribution in [3.63, 3.8) is 0 Å². The maximum atomic E-state index is 12.7. The fourth-order valence-corrected chi connectivity index (χ4v) is 5.75. The van der Waals surface area contributed by atoms with Crippen LogP contribution in [-0.2, 0) is 20.0 Å². The Kier molecular flexibility index (Phi) is 5.57. The highest BCUT2D eigenvalue weighted by Crippen LogP contribution is 2.58. The normalized spacial score (nSPS) is 15.9. The second-order valence-corrected chi connectivity index (χ2v) is 10.9. The zero-order chi connectivity index (χ0) is 23.9. The summed E-state index contributed by atoms with van der Waals surface area (Å²) in [4.78, 5) is 27.1. The molecule has 0 radical (unpaired) electrons. The van der Waals surface area contributed by atoms with Gasteiger partial charge in [-0.25, -0.2) is 18.4 Å². The number of hydrogen-bond donors (Lipinski definition) is 2. The van der Waals surface area contributed by atoms with Crippen LogP contribution in [0.25, 0.3) is 11.3 Å². The first kappa shape index (κ1) is 22.4. The average Bonchev–Trinajstić information content (AvgIpc) is 3.54. The molecular weight excluding hydrogens is 454 g/mol. The monoisotopic (exact) mass is 479 g/mol. The highest BCUT2D eigenvalue weighted by atomic mass is 32.2. The Bertz CT molecular complexity index is 1350. The van der Waals surface area contributed by atoms with Crippen LogP contribution in [0.15, 0.2) is 53.8 Å². The molecule has 1 aliphatic carbocycles. The van der Waals surface area contributed by atoms with Crippen LogP contribution in [0.5, 0.6) is 0 Å². The molecule has 5 rings (SSSR count). The van der Waals surface area contributed by atoms with Gasteiger partial charge in [0.15, 0.2) is 9.84 Å². The predicted molar refractivity (Wildman–Crippen MR) is 128 cm³/mol. The molecule has 2 N–H and O–H groups in total. The van der Waals surface area contributed by atoms with Gasteiger partial charge < -0.3 is 15.3 Å². The van der Waals surface area contributed by atoms with Gasteiger partial charge in [-0.15, -0.1) is 0 Å². The van der Waals surface area contributed by atoms with Crippen LogP contribution in [0.4, 0.5) is 17.3 Å². The minimum Gasteiger partial charge on any atom is -0.396 e. The molecule has 0 bridgehead atoms. The molecule has 1 fully saturated rings. The molecule has 0 unspecified atom stereocenters. The molecule has 3 heterocycles. The fourth-order valence-electron chi connectivity index (χ4n) is 4.44. The molecule has 176 valence electrons. The molecule has 3 aromatic rings. The third kappa shape index (κ3) is 4.14. The number of carbonyl (C=O) groups excluding carboxylic acids is 1. The number of rotatable bonds is 7. The van der Waals surface area contributed by atoms with Crippen LogP contribution in [-0.4, -0.2) is 53.3 Å². The van der Waals surface area contributed by atoms with Gasteiger partial charge in [-0.2, -0.15) is 0 Å². The van der Waals surface area contributed by atoms with Crippen LogP contribution in [0, 0.1) is 0 Å². The van der Waals surface area contributed by atoms with Gasteiger partial charge in [-0.3, -0.25) is 9.78 Å². The van der Waals surface area contributed by atoms with Crippen molar-refractivity contribution in [1.82, 2.24) is 15.0 Å². The second-order valence-electron chi connectivity index (χ2n) is 8.82. The largest absolute Gasteiger partial charge is 0.396 e. The lowest BCUT2D eigenvalue weighted by molar-refractivity contribution is -0.114. The SMILES string of the molecule is CC(=O)Nc1ccnc(-c2cnc(N3CC4(CC4)c4ccc(S(=O)(=O)CCCO)cc43)nc2)c1. The van der Waals surface area contributed by atoms with E-state index in [9.17, 15) is 13.2 Å². The lowest BCUT2D eigenvalue weighted by Gasteiger charge is -2.18. The molecule has 0 saturated heterocycles. The smallest absolute Gasteiger partial charge is 0.229 e. The highest BCUT2D eigenvalue weighted by molar-refractivity contribution is 7.91. The van der Waals surface area contributed by atoms with Crippen molar-refractivity contribution in [3.8, 4) is 11.3 Å². The number of nitrogens with zero attached hydrogens (tertiary/aromatic N) is 4. The van der Waals surface area contributed by atoms with Gasteiger partial charge in [-0.1, -0.05) is 6.07 Å². The molecule has 9 nitrogen and oxygen atoms in total. The third-order valence-corrected chi connectivity index (χ3v) is 8.13. The number of anilines is 3. The number of sulfone groups is 1. The van der Waals surface area contributed by atoms with E-state index in [2.05, 4.69) is 20.3 Å². The van der Waals surface area contributed by atoms with Gasteiger partial charge in [0.2, 0.25) is 11.9 Å². The lowest BCUT2D eigenvalue weighted by atomic mass is 9.99. The molecule has 10 heteroatoms. The molecular formula is C24H25N5O4S. The van der Waals surface area contributed by atoms with Crippen LogP contribution in [0.3, 0.4) is 0 Å². The molecule has 1 aromatic carbocycles. The van der Waals surface area contributed by atoms with Crippen molar-refractivity contribution in [2.45, 2.75) is 36.5 Å². The zero-order valence-electron chi connectivity index (χ0n) is 18.7. The quantitative estimate of drug-likeness (QED) is 0.530. The van der Waals surface area contributed by atoms with E-state index < -0.39 is 9.84 Å². The predicted octanol–water partition coefficient (Wildman–Crippen LogP) is 2.84. The molecule has 1 aliphatic heterocycles. The van der Waals surface area contributed by atoms with E-state index in [1.807, 2.05) is 11.0 Å². The Morgan fingerprint density at radius 3 is 2.59 bits per heavy atom. The van der Waals surface area contributed by atoms with E-state index in [4.69, 9.17) is 5.11 Å². The van der Waals surface area contributed by atoms with Gasteiger partial charge >= 0.3 is 0 Å². The number of aromatic nitrogens is 3. The Hall–Kier alpha value is -3.37. The summed E-state index contributed by atoms with van der Waals surface area (Å²) in [6.07, 6.45) is 7.27. The number of aliphatic hydroxyl groups excluding tert-OH is 1. The van der Waals surface area contributed by atoms with Crippen molar-refractivity contribution in [1.29, 1.82) is 0 Å². The number of fused-ring (bicyclic) bond motifs is 2. The van der Waals surface area contributed by atoms with Gasteiger partial charge in [0.25, 0.3) is 0 Å². The first-order valence-corrected chi connectivity index (χ1v) is 12.8. The van der Waals surface area contributed by atoms with E-state index in [-0.39, 0.29) is 35.0 Å². The van der Waals surface area contributed by atoms with Crippen molar-refractivity contribution >= 4 is 33.1 Å². The van der Waals surface area contributed by atoms with E-state index in [1.54, 1.807) is 42.9 Å². The fraction of sp³-hybridized carbons (Fsp3) is 0.333. The number of benzene rings is 1. The number of carbonyl (C=O) groups is 1. The number of amides is 1. The van der Waals surface area contributed by atoms with Crippen LogP contribution in [0.1, 0.15) is 31.7 Å². The standard InChI is InChI=1S/C24H25N5O4S/c1-16(31)28-18-5-8-25-21(11-18)17-13-26-23(27-14-17)29-15-24(6-7-24)20-4-3-19(12-22(20)29)34(32,33)10-2-9-30/h3-5,8,11-14,30H,2,6-7,9-10,15H2,1H3,(H,25,28,31). The van der Waals surface area contributed by atoms with E-state index in [1.165, 1.54) is 6.92 Å². The summed E-state index contributed by atoms with van der Waals surface area (Å²) in [7, 11) is -3.49. The minimum absolute atomic E-state index is 0.0268. The molecule has 1 saturated carbocycles. The highest BCUT2D eigenvalue weighted by Gasteiger charge is 2.52. The van der Waals surface area contributed by atoms with Gasteiger partial charge in [0, 0.05) is 61.0 Å². The van der Waals surface area contributed by atoms with Gasteiger partial charge in [0.05, 0.1) is 16.3 Å². The summed E-state index contributed by atoms with van der Waals surface area (Å²) < 4.78 is 25.4. The average molecular weight is 480 g/mol. The Morgan fingerprint density at radius 1 is 1.15 bits per heavy atom. The first-order valence-electron chi connectivity index (χ1n) is 11.1. The third-order valence-electron chi connectivity index (χ3n) is 6.33. The van der Waals surface area contributed by atoms with Crippen LogP contribution in [0.2, 0.25) is 0 Å². The number of nitrogens with one attached hydrogen (secondary N) is 1. The summed E-state index contributed by atoms with van der Waals surface area (Å²) in [6.45, 7) is 1.99. The number of aliphatic hydroxyl groups is 1. The van der Waals surface area contributed by atoms with E-state index in [0.717, 1.165) is 24.1 Å². The van der Waals surface area contributed by atoms with Crippen molar-refractivity contribution < 1.29 is 18.3 Å². The summed E-state index contributed by atoms with van der Waals surface area (Å²) >= 11 is 0.